The highest BCUT2D eigenvalue weighted by Crippen LogP contribution is 2.34. The molecule has 1 N–H and O–H groups in total. The summed E-state index contributed by atoms with van der Waals surface area (Å²) in [6, 6.07) is 2.49. The normalized spacial score (nSPS) is 11.1. The molecular formula is C10H6Cl2F2O3. The average molecular weight is 283 g/mol. The van der Waals surface area contributed by atoms with Crippen molar-refractivity contribution in [2.75, 3.05) is 0 Å². The molecule has 1 rings (SSSR count). The predicted octanol–water partition coefficient (Wildman–Crippen LogP) is 3.69. The molecule has 1 aromatic rings. The van der Waals surface area contributed by atoms with E-state index in [2.05, 4.69) is 4.74 Å². The number of hydrogen-bond acceptors (Lipinski definition) is 2. The number of ether oxygens (including phenoxy) is 1. The van der Waals surface area contributed by atoms with E-state index in [1.165, 1.54) is 12.1 Å². The quantitative estimate of drug-likeness (QED) is 0.857. The SMILES string of the molecule is O=C(O)C=Cc1cc(Cl)cc(Cl)c1OC(F)F. The molecule has 0 saturated heterocycles. The van der Waals surface area contributed by atoms with Gasteiger partial charge in [0, 0.05) is 16.7 Å². The number of hydrogen-bond donors (Lipinski definition) is 1. The summed E-state index contributed by atoms with van der Waals surface area (Å²) < 4.78 is 28.4. The van der Waals surface area contributed by atoms with Gasteiger partial charge < -0.3 is 9.84 Å². The van der Waals surface area contributed by atoms with Crippen molar-refractivity contribution >= 4 is 35.2 Å². The third-order valence-corrected chi connectivity index (χ3v) is 2.15. The van der Waals surface area contributed by atoms with Crippen molar-refractivity contribution in [3.63, 3.8) is 0 Å². The number of carboxylic acids is 1. The minimum absolute atomic E-state index is 0.0604. The van der Waals surface area contributed by atoms with Crippen LogP contribution in [0.15, 0.2) is 18.2 Å². The fourth-order valence-electron chi connectivity index (χ4n) is 1.08. The van der Waals surface area contributed by atoms with E-state index in [0.717, 1.165) is 12.2 Å². The first-order valence-corrected chi connectivity index (χ1v) is 5.00. The Kier molecular flexibility index (Phi) is 4.72. The van der Waals surface area contributed by atoms with Gasteiger partial charge in [0.15, 0.2) is 5.75 Å². The second-order valence-corrected chi connectivity index (χ2v) is 3.70. The van der Waals surface area contributed by atoms with Crippen LogP contribution in [-0.4, -0.2) is 17.7 Å². The number of rotatable bonds is 4. The van der Waals surface area contributed by atoms with E-state index in [9.17, 15) is 13.6 Å². The zero-order valence-corrected chi connectivity index (χ0v) is 9.67. The Bertz CT molecular complexity index is 461. The highest BCUT2D eigenvalue weighted by Gasteiger charge is 2.13. The Hall–Kier alpha value is -1.33. The summed E-state index contributed by atoms with van der Waals surface area (Å²) in [5, 5.41) is 8.50. The number of carbonyl (C=O) groups is 1. The molecule has 0 saturated carbocycles. The molecule has 0 radical (unpaired) electrons. The second kappa shape index (κ2) is 5.84. The van der Waals surface area contributed by atoms with Crippen LogP contribution >= 0.6 is 23.2 Å². The zero-order valence-electron chi connectivity index (χ0n) is 8.16. The Labute approximate surface area is 105 Å². The van der Waals surface area contributed by atoms with Crippen LogP contribution in [0, 0.1) is 0 Å². The van der Waals surface area contributed by atoms with Gasteiger partial charge in [-0.25, -0.2) is 4.79 Å². The van der Waals surface area contributed by atoms with Crippen molar-refractivity contribution in [1.29, 1.82) is 0 Å². The largest absolute Gasteiger partial charge is 0.478 e. The topological polar surface area (TPSA) is 46.5 Å². The standard InChI is InChI=1S/C10H6Cl2F2O3/c11-6-3-5(1-2-8(15)16)9(7(12)4-6)17-10(13)14/h1-4,10H,(H,15,16). The molecule has 7 heteroatoms. The first-order chi connectivity index (χ1) is 7.90. The van der Waals surface area contributed by atoms with Crippen LogP contribution in [0.4, 0.5) is 8.78 Å². The Morgan fingerprint density at radius 3 is 2.59 bits per heavy atom. The van der Waals surface area contributed by atoms with Gasteiger partial charge in [0.05, 0.1) is 5.02 Å². The van der Waals surface area contributed by atoms with E-state index in [0.29, 0.717) is 0 Å². The van der Waals surface area contributed by atoms with Crippen LogP contribution in [0.3, 0.4) is 0 Å². The first kappa shape index (κ1) is 13.7. The van der Waals surface area contributed by atoms with Gasteiger partial charge in [-0.3, -0.25) is 0 Å². The lowest BCUT2D eigenvalue weighted by Crippen LogP contribution is -2.04. The molecule has 0 unspecified atom stereocenters. The summed E-state index contributed by atoms with van der Waals surface area (Å²) in [5.74, 6) is -1.55. The molecule has 0 bridgehead atoms. The van der Waals surface area contributed by atoms with Crippen LogP contribution in [0.25, 0.3) is 6.08 Å². The van der Waals surface area contributed by atoms with E-state index in [1.807, 2.05) is 0 Å². The third kappa shape index (κ3) is 4.20. The van der Waals surface area contributed by atoms with E-state index in [-0.39, 0.29) is 21.4 Å². The maximum atomic E-state index is 12.1. The third-order valence-electron chi connectivity index (χ3n) is 1.65. The second-order valence-electron chi connectivity index (χ2n) is 2.86. The van der Waals surface area contributed by atoms with Gasteiger partial charge >= 0.3 is 12.6 Å². The zero-order chi connectivity index (χ0) is 13.0. The summed E-state index contributed by atoms with van der Waals surface area (Å²) in [5.41, 5.74) is 0.0604. The summed E-state index contributed by atoms with van der Waals surface area (Å²) in [6.45, 7) is -3.06. The summed E-state index contributed by atoms with van der Waals surface area (Å²) in [7, 11) is 0. The van der Waals surface area contributed by atoms with Crippen LogP contribution in [-0.2, 0) is 4.79 Å². The van der Waals surface area contributed by atoms with Crippen molar-refractivity contribution in [1.82, 2.24) is 0 Å². The van der Waals surface area contributed by atoms with E-state index in [4.69, 9.17) is 28.3 Å². The Morgan fingerprint density at radius 1 is 1.41 bits per heavy atom. The number of halogens is 4. The molecule has 0 amide bonds. The maximum Gasteiger partial charge on any atom is 0.387 e. The van der Waals surface area contributed by atoms with Gasteiger partial charge in [-0.2, -0.15) is 8.78 Å². The van der Waals surface area contributed by atoms with Gasteiger partial charge in [-0.15, -0.1) is 0 Å². The number of carboxylic acid groups (broad SMARTS) is 1. The molecule has 0 fully saturated rings. The lowest BCUT2D eigenvalue weighted by molar-refractivity contribution is -0.131. The van der Waals surface area contributed by atoms with Crippen molar-refractivity contribution in [3.8, 4) is 5.75 Å². The molecule has 17 heavy (non-hydrogen) atoms. The molecule has 0 aliphatic rings. The van der Waals surface area contributed by atoms with Crippen molar-refractivity contribution < 1.29 is 23.4 Å². The van der Waals surface area contributed by atoms with Gasteiger partial charge in [0.25, 0.3) is 0 Å². The molecule has 0 heterocycles. The van der Waals surface area contributed by atoms with Gasteiger partial charge in [0.1, 0.15) is 0 Å². The van der Waals surface area contributed by atoms with Gasteiger partial charge in [0.2, 0.25) is 0 Å². The molecule has 92 valence electrons. The van der Waals surface area contributed by atoms with Crippen LogP contribution in [0.2, 0.25) is 10.0 Å². The molecule has 0 aliphatic heterocycles. The van der Waals surface area contributed by atoms with E-state index < -0.39 is 12.6 Å². The lowest BCUT2D eigenvalue weighted by atomic mass is 10.2. The maximum absolute atomic E-state index is 12.1. The van der Waals surface area contributed by atoms with Crippen LogP contribution in [0.5, 0.6) is 5.75 Å². The summed E-state index contributed by atoms with van der Waals surface area (Å²) in [4.78, 5) is 10.3. The highest BCUT2D eigenvalue weighted by atomic mass is 35.5. The molecule has 3 nitrogen and oxygen atoms in total. The Morgan fingerprint density at radius 2 is 2.06 bits per heavy atom. The number of benzene rings is 1. The number of aliphatic carboxylic acids is 1. The van der Waals surface area contributed by atoms with Crippen molar-refractivity contribution in [2.45, 2.75) is 6.61 Å². The van der Waals surface area contributed by atoms with Gasteiger partial charge in [-0.05, 0) is 18.2 Å². The van der Waals surface area contributed by atoms with Gasteiger partial charge in [-0.1, -0.05) is 23.2 Å². The molecule has 0 aromatic heterocycles. The van der Waals surface area contributed by atoms with E-state index >= 15 is 0 Å². The predicted molar refractivity (Wildman–Crippen MR) is 59.8 cm³/mol. The molecule has 0 aliphatic carbocycles. The van der Waals surface area contributed by atoms with Crippen LogP contribution in [0.1, 0.15) is 5.56 Å². The molecular weight excluding hydrogens is 277 g/mol. The molecule has 0 atom stereocenters. The minimum Gasteiger partial charge on any atom is -0.478 e. The van der Waals surface area contributed by atoms with E-state index in [1.54, 1.807) is 0 Å². The highest BCUT2D eigenvalue weighted by molar-refractivity contribution is 6.35. The number of alkyl halides is 2. The first-order valence-electron chi connectivity index (χ1n) is 4.25. The average Bonchev–Trinajstić information content (AvgIpc) is 2.18. The summed E-state index contributed by atoms with van der Waals surface area (Å²) in [6.07, 6.45) is 1.83. The lowest BCUT2D eigenvalue weighted by Gasteiger charge is -2.10. The minimum atomic E-state index is -3.06. The molecule has 1 aromatic carbocycles. The fraction of sp³-hybridized carbons (Fsp3) is 0.100. The van der Waals surface area contributed by atoms with Crippen molar-refractivity contribution in [2.24, 2.45) is 0 Å². The smallest absolute Gasteiger partial charge is 0.387 e. The summed E-state index contributed by atoms with van der Waals surface area (Å²) >= 11 is 11.3. The van der Waals surface area contributed by atoms with Crippen LogP contribution < -0.4 is 4.74 Å². The monoisotopic (exact) mass is 282 g/mol. The molecule has 0 spiro atoms. The fourth-order valence-corrected chi connectivity index (χ4v) is 1.63. The van der Waals surface area contributed by atoms with Crippen molar-refractivity contribution in [3.05, 3.63) is 33.8 Å². The Balaban J connectivity index is 3.20.